The van der Waals surface area contributed by atoms with Crippen molar-refractivity contribution in [2.75, 3.05) is 26.1 Å². The van der Waals surface area contributed by atoms with Gasteiger partial charge in [0.25, 0.3) is 0 Å². The molecule has 2 N–H and O–H groups in total. The predicted octanol–water partition coefficient (Wildman–Crippen LogP) is 1.79. The Hall–Kier alpha value is -0.910. The lowest BCUT2D eigenvalue weighted by Crippen LogP contribution is -2.34. The lowest BCUT2D eigenvalue weighted by atomic mass is 10.1. The van der Waals surface area contributed by atoms with Gasteiger partial charge in [-0.25, -0.2) is 0 Å². The van der Waals surface area contributed by atoms with Crippen LogP contribution in [0, 0.1) is 0 Å². The zero-order valence-electron chi connectivity index (χ0n) is 11.1. The van der Waals surface area contributed by atoms with Crippen LogP contribution in [-0.4, -0.2) is 36.7 Å². The van der Waals surface area contributed by atoms with Crippen LogP contribution in [0.4, 0.5) is 0 Å². The molecule has 1 heterocycles. The van der Waals surface area contributed by atoms with E-state index in [1.165, 1.54) is 10.5 Å². The minimum Gasteiger partial charge on any atom is -0.486 e. The third kappa shape index (κ3) is 2.68. The summed E-state index contributed by atoms with van der Waals surface area (Å²) in [5, 5.41) is 12.8. The molecule has 2 aliphatic rings. The van der Waals surface area contributed by atoms with Gasteiger partial charge in [-0.15, -0.1) is 11.8 Å². The second kappa shape index (κ2) is 5.23. The number of hydrogen-bond acceptors (Lipinski definition) is 5. The maximum Gasteiger partial charge on any atom is 0.162 e. The minimum atomic E-state index is -0.0388. The molecule has 0 bridgehead atoms. The van der Waals surface area contributed by atoms with Gasteiger partial charge in [0, 0.05) is 17.0 Å². The summed E-state index contributed by atoms with van der Waals surface area (Å²) in [6, 6.07) is 4.11. The first-order valence-electron chi connectivity index (χ1n) is 6.59. The molecule has 1 aromatic rings. The average Bonchev–Trinajstić information content (AvgIpc) is 3.24. The molecular formula is C14H19NO3S. The number of aliphatic hydroxyl groups is 1. The van der Waals surface area contributed by atoms with Gasteiger partial charge in [0.15, 0.2) is 11.5 Å². The first-order chi connectivity index (χ1) is 9.26. The van der Waals surface area contributed by atoms with Crippen LogP contribution >= 0.6 is 11.8 Å². The van der Waals surface area contributed by atoms with Gasteiger partial charge in [0.2, 0.25) is 0 Å². The van der Waals surface area contributed by atoms with Gasteiger partial charge in [-0.1, -0.05) is 0 Å². The fourth-order valence-corrected chi connectivity index (χ4v) is 2.88. The van der Waals surface area contributed by atoms with Crippen LogP contribution in [0.25, 0.3) is 0 Å². The second-order valence-electron chi connectivity index (χ2n) is 5.10. The third-order valence-electron chi connectivity index (χ3n) is 3.76. The van der Waals surface area contributed by atoms with Crippen LogP contribution in [0.15, 0.2) is 17.0 Å². The number of aliphatic hydroxyl groups excluding tert-OH is 1. The molecule has 1 aliphatic carbocycles. The monoisotopic (exact) mass is 281 g/mol. The standard InChI is InChI=1S/C14H19NO3S/c1-19-13-7-12-11(17-4-5-18-12)6-10(13)8-15-14(9-16)2-3-14/h6-7,15-16H,2-5,8-9H2,1H3. The summed E-state index contributed by atoms with van der Waals surface area (Å²) in [5.41, 5.74) is 1.17. The van der Waals surface area contributed by atoms with Gasteiger partial charge in [-0.2, -0.15) is 0 Å². The van der Waals surface area contributed by atoms with Crippen molar-refractivity contribution in [3.63, 3.8) is 0 Å². The molecule has 5 heteroatoms. The van der Waals surface area contributed by atoms with Gasteiger partial charge < -0.3 is 19.9 Å². The third-order valence-corrected chi connectivity index (χ3v) is 4.58. The summed E-state index contributed by atoms with van der Waals surface area (Å²) in [7, 11) is 0. The van der Waals surface area contributed by atoms with Gasteiger partial charge in [-0.3, -0.25) is 0 Å². The maximum atomic E-state index is 9.34. The predicted molar refractivity (Wildman–Crippen MR) is 75.1 cm³/mol. The van der Waals surface area contributed by atoms with E-state index in [1.807, 2.05) is 0 Å². The molecular weight excluding hydrogens is 262 g/mol. The Balaban J connectivity index is 1.79. The van der Waals surface area contributed by atoms with E-state index >= 15 is 0 Å². The normalized spacial score (nSPS) is 19.3. The first-order valence-corrected chi connectivity index (χ1v) is 7.81. The van der Waals surface area contributed by atoms with Crippen LogP contribution in [-0.2, 0) is 6.54 Å². The van der Waals surface area contributed by atoms with Crippen LogP contribution in [0.5, 0.6) is 11.5 Å². The fraction of sp³-hybridized carbons (Fsp3) is 0.571. The summed E-state index contributed by atoms with van der Waals surface area (Å²) in [6.07, 6.45) is 4.18. The van der Waals surface area contributed by atoms with Crippen molar-refractivity contribution in [3.8, 4) is 11.5 Å². The zero-order valence-corrected chi connectivity index (χ0v) is 11.9. The number of nitrogens with one attached hydrogen (secondary N) is 1. The van der Waals surface area contributed by atoms with Crippen molar-refractivity contribution in [1.29, 1.82) is 0 Å². The quantitative estimate of drug-likeness (QED) is 0.806. The van der Waals surface area contributed by atoms with Gasteiger partial charge in [-0.05, 0) is 36.8 Å². The molecule has 0 atom stereocenters. The van der Waals surface area contributed by atoms with E-state index in [0.717, 1.165) is 30.9 Å². The Morgan fingerprint density at radius 1 is 1.26 bits per heavy atom. The molecule has 0 saturated heterocycles. The number of thioether (sulfide) groups is 1. The second-order valence-corrected chi connectivity index (χ2v) is 5.95. The Morgan fingerprint density at radius 3 is 2.53 bits per heavy atom. The molecule has 1 fully saturated rings. The van der Waals surface area contributed by atoms with E-state index in [4.69, 9.17) is 9.47 Å². The maximum absolute atomic E-state index is 9.34. The van der Waals surface area contributed by atoms with Crippen LogP contribution in [0.3, 0.4) is 0 Å². The van der Waals surface area contributed by atoms with Crippen molar-refractivity contribution in [2.24, 2.45) is 0 Å². The summed E-state index contributed by atoms with van der Waals surface area (Å²) < 4.78 is 11.2. The van der Waals surface area contributed by atoms with Crippen molar-refractivity contribution in [1.82, 2.24) is 5.32 Å². The molecule has 0 radical (unpaired) electrons. The van der Waals surface area contributed by atoms with E-state index < -0.39 is 0 Å². The molecule has 19 heavy (non-hydrogen) atoms. The van der Waals surface area contributed by atoms with Crippen molar-refractivity contribution >= 4 is 11.8 Å². The minimum absolute atomic E-state index is 0.0388. The zero-order chi connectivity index (χ0) is 13.3. The number of ether oxygens (including phenoxy) is 2. The number of benzene rings is 1. The molecule has 3 rings (SSSR count). The molecule has 1 aromatic carbocycles. The van der Waals surface area contributed by atoms with Gasteiger partial charge >= 0.3 is 0 Å². The Kier molecular flexibility index (Phi) is 3.60. The highest BCUT2D eigenvalue weighted by molar-refractivity contribution is 7.98. The smallest absolute Gasteiger partial charge is 0.162 e. The van der Waals surface area contributed by atoms with E-state index in [1.54, 1.807) is 11.8 Å². The summed E-state index contributed by atoms with van der Waals surface area (Å²) in [5.74, 6) is 1.66. The summed E-state index contributed by atoms with van der Waals surface area (Å²) >= 11 is 1.71. The molecule has 0 aromatic heterocycles. The van der Waals surface area contributed by atoms with Crippen molar-refractivity contribution in [2.45, 2.75) is 29.8 Å². The highest BCUT2D eigenvalue weighted by atomic mass is 32.2. The number of rotatable bonds is 5. The van der Waals surface area contributed by atoms with Crippen molar-refractivity contribution in [3.05, 3.63) is 17.7 Å². The SMILES string of the molecule is CSc1cc2c(cc1CNC1(CO)CC1)OCCO2. The molecule has 0 spiro atoms. The number of hydrogen-bond donors (Lipinski definition) is 2. The van der Waals surface area contributed by atoms with Crippen LogP contribution in [0.1, 0.15) is 18.4 Å². The Labute approximate surface area is 117 Å². The molecule has 1 aliphatic heterocycles. The Morgan fingerprint density at radius 2 is 1.95 bits per heavy atom. The molecule has 4 nitrogen and oxygen atoms in total. The Bertz CT molecular complexity index is 474. The largest absolute Gasteiger partial charge is 0.486 e. The lowest BCUT2D eigenvalue weighted by Gasteiger charge is -2.22. The van der Waals surface area contributed by atoms with Crippen LogP contribution < -0.4 is 14.8 Å². The number of fused-ring (bicyclic) bond motifs is 1. The highest BCUT2D eigenvalue weighted by Gasteiger charge is 2.41. The highest BCUT2D eigenvalue weighted by Crippen LogP contribution is 2.38. The van der Waals surface area contributed by atoms with E-state index in [2.05, 4.69) is 23.7 Å². The first kappa shape index (κ1) is 13.1. The van der Waals surface area contributed by atoms with Gasteiger partial charge in [0.05, 0.1) is 6.61 Å². The molecule has 1 saturated carbocycles. The summed E-state index contributed by atoms with van der Waals surface area (Å²) in [4.78, 5) is 1.20. The van der Waals surface area contributed by atoms with Gasteiger partial charge in [0.1, 0.15) is 13.2 Å². The van der Waals surface area contributed by atoms with E-state index in [9.17, 15) is 5.11 Å². The van der Waals surface area contributed by atoms with Crippen LogP contribution in [0.2, 0.25) is 0 Å². The van der Waals surface area contributed by atoms with E-state index in [-0.39, 0.29) is 12.1 Å². The average molecular weight is 281 g/mol. The fourth-order valence-electron chi connectivity index (χ4n) is 2.26. The molecule has 0 unspecified atom stereocenters. The van der Waals surface area contributed by atoms with E-state index in [0.29, 0.717) is 13.2 Å². The lowest BCUT2D eigenvalue weighted by molar-refractivity contribution is 0.170. The topological polar surface area (TPSA) is 50.7 Å². The summed E-state index contributed by atoms with van der Waals surface area (Å²) in [6.45, 7) is 2.20. The molecule has 104 valence electrons. The molecule has 0 amide bonds. The van der Waals surface area contributed by atoms with Crippen molar-refractivity contribution < 1.29 is 14.6 Å².